The van der Waals surface area contributed by atoms with Crippen molar-refractivity contribution >= 4 is 35.8 Å². The average molecular weight is 484 g/mol. The molecule has 0 spiro atoms. The van der Waals surface area contributed by atoms with Gasteiger partial charge in [-0.3, -0.25) is 4.79 Å². The molecule has 148 valence electrons. The van der Waals surface area contributed by atoms with Crippen LogP contribution in [-0.2, 0) is 11.3 Å². The Morgan fingerprint density at radius 3 is 2.44 bits per heavy atom. The Morgan fingerprint density at radius 2 is 1.85 bits per heavy atom. The molecule has 0 atom stereocenters. The molecule has 0 aliphatic carbocycles. The van der Waals surface area contributed by atoms with E-state index in [2.05, 4.69) is 20.7 Å². The molecule has 8 heteroatoms. The van der Waals surface area contributed by atoms with Crippen LogP contribution < -0.4 is 10.6 Å². The number of hydrogen-bond donors (Lipinski definition) is 2. The van der Waals surface area contributed by atoms with Crippen LogP contribution in [0, 0.1) is 13.8 Å². The van der Waals surface area contributed by atoms with Crippen molar-refractivity contribution in [2.45, 2.75) is 27.3 Å². The maximum absolute atomic E-state index is 11.8. The third-order valence-electron chi connectivity index (χ3n) is 4.09. The van der Waals surface area contributed by atoms with E-state index in [0.29, 0.717) is 12.5 Å². The van der Waals surface area contributed by atoms with Crippen molar-refractivity contribution in [3.63, 3.8) is 0 Å². The van der Waals surface area contributed by atoms with E-state index in [1.807, 2.05) is 55.8 Å². The van der Waals surface area contributed by atoms with Gasteiger partial charge in [-0.1, -0.05) is 18.2 Å². The number of aromatic nitrogens is 2. The van der Waals surface area contributed by atoms with Crippen molar-refractivity contribution in [1.82, 2.24) is 25.3 Å². The van der Waals surface area contributed by atoms with Crippen LogP contribution in [0.2, 0.25) is 0 Å². The van der Waals surface area contributed by atoms with Gasteiger partial charge in [0.1, 0.15) is 0 Å². The predicted molar refractivity (Wildman–Crippen MR) is 120 cm³/mol. The summed E-state index contributed by atoms with van der Waals surface area (Å²) < 4.78 is 1.94. The maximum atomic E-state index is 11.8. The molecule has 7 nitrogen and oxygen atoms in total. The van der Waals surface area contributed by atoms with Gasteiger partial charge < -0.3 is 15.5 Å². The average Bonchev–Trinajstić information content (AvgIpc) is 2.92. The molecule has 1 heterocycles. The minimum absolute atomic E-state index is 0. The van der Waals surface area contributed by atoms with E-state index in [-0.39, 0.29) is 36.4 Å². The number of aliphatic imine (C=N–C) groups is 1. The monoisotopic (exact) mass is 484 g/mol. The number of amides is 1. The van der Waals surface area contributed by atoms with E-state index in [0.717, 1.165) is 29.2 Å². The summed E-state index contributed by atoms with van der Waals surface area (Å²) in [5, 5.41) is 10.9. The van der Waals surface area contributed by atoms with Crippen LogP contribution in [0.1, 0.15) is 23.9 Å². The molecule has 0 saturated heterocycles. The van der Waals surface area contributed by atoms with Gasteiger partial charge in [0.2, 0.25) is 5.91 Å². The Kier molecular flexibility index (Phi) is 9.27. The molecule has 2 N–H and O–H groups in total. The smallest absolute Gasteiger partial charge is 0.241 e. The number of aryl methyl sites for hydroxylation is 1. The number of rotatable bonds is 6. The van der Waals surface area contributed by atoms with Gasteiger partial charge in [0.15, 0.2) is 5.96 Å². The first-order valence-corrected chi connectivity index (χ1v) is 8.76. The summed E-state index contributed by atoms with van der Waals surface area (Å²) in [6, 6.07) is 10.1. The maximum Gasteiger partial charge on any atom is 0.241 e. The van der Waals surface area contributed by atoms with Gasteiger partial charge in [-0.05, 0) is 32.9 Å². The van der Waals surface area contributed by atoms with Gasteiger partial charge in [0.05, 0.1) is 24.5 Å². The Balaban J connectivity index is 0.00000364. The molecule has 0 bridgehead atoms. The molecule has 27 heavy (non-hydrogen) atoms. The van der Waals surface area contributed by atoms with Gasteiger partial charge in [-0.25, -0.2) is 9.67 Å². The van der Waals surface area contributed by atoms with Crippen molar-refractivity contribution in [2.75, 3.05) is 27.2 Å². The van der Waals surface area contributed by atoms with Crippen LogP contribution in [-0.4, -0.2) is 53.7 Å². The lowest BCUT2D eigenvalue weighted by Gasteiger charge is -2.14. The van der Waals surface area contributed by atoms with Crippen LogP contribution in [0.25, 0.3) is 5.69 Å². The number of guanidine groups is 1. The van der Waals surface area contributed by atoms with Crippen LogP contribution in [0.5, 0.6) is 0 Å². The molecule has 1 amide bonds. The van der Waals surface area contributed by atoms with Crippen LogP contribution in [0.3, 0.4) is 0 Å². The van der Waals surface area contributed by atoms with Crippen LogP contribution >= 0.6 is 24.0 Å². The van der Waals surface area contributed by atoms with Gasteiger partial charge in [0.25, 0.3) is 0 Å². The number of hydrogen-bond acceptors (Lipinski definition) is 3. The first-order chi connectivity index (χ1) is 12.4. The molecule has 0 saturated carbocycles. The molecule has 0 radical (unpaired) electrons. The normalized spacial score (nSPS) is 10.9. The first-order valence-electron chi connectivity index (χ1n) is 8.76. The fourth-order valence-corrected chi connectivity index (χ4v) is 2.54. The summed E-state index contributed by atoms with van der Waals surface area (Å²) in [7, 11) is 3.47. The van der Waals surface area contributed by atoms with Crippen molar-refractivity contribution < 1.29 is 4.79 Å². The Labute approximate surface area is 178 Å². The van der Waals surface area contributed by atoms with Gasteiger partial charge >= 0.3 is 0 Å². The van der Waals surface area contributed by atoms with Crippen molar-refractivity contribution in [1.29, 1.82) is 0 Å². The third kappa shape index (κ3) is 6.23. The van der Waals surface area contributed by atoms with E-state index in [1.54, 1.807) is 19.0 Å². The molecule has 0 unspecified atom stereocenters. The molecule has 1 aromatic carbocycles. The summed E-state index contributed by atoms with van der Waals surface area (Å²) >= 11 is 0. The zero-order valence-electron chi connectivity index (χ0n) is 16.6. The minimum atomic E-state index is -0.000128. The SMILES string of the molecule is CCNC(=NCc1c(C)nn(-c2ccccc2)c1C)NCC(=O)N(C)C.I. The molecular weight excluding hydrogens is 455 g/mol. The topological polar surface area (TPSA) is 74.5 Å². The number of benzene rings is 1. The van der Waals surface area contributed by atoms with Crippen molar-refractivity contribution in [3.05, 3.63) is 47.3 Å². The molecule has 2 rings (SSSR count). The fourth-order valence-electron chi connectivity index (χ4n) is 2.54. The van der Waals surface area contributed by atoms with Gasteiger partial charge in [-0.2, -0.15) is 5.10 Å². The standard InChI is InChI=1S/C19H28N6O.HI/c1-6-20-19(22-13-18(26)24(4)5)21-12-17-14(2)23-25(15(17)3)16-10-8-7-9-11-16;/h7-11H,6,12-13H2,1-5H3,(H2,20,21,22);1H. The fraction of sp³-hybridized carbons (Fsp3) is 0.421. The lowest BCUT2D eigenvalue weighted by Crippen LogP contribution is -2.42. The number of nitrogens with zero attached hydrogens (tertiary/aromatic N) is 4. The molecule has 0 aliphatic heterocycles. The number of carbonyl (C=O) groups is 1. The highest BCUT2D eigenvalue weighted by Crippen LogP contribution is 2.18. The van der Waals surface area contributed by atoms with E-state index in [1.165, 1.54) is 0 Å². The molecule has 0 aliphatic rings. The number of carbonyl (C=O) groups excluding carboxylic acids is 1. The summed E-state index contributed by atoms with van der Waals surface area (Å²) in [4.78, 5) is 17.9. The van der Waals surface area contributed by atoms with Gasteiger partial charge in [0, 0.05) is 31.9 Å². The second-order valence-corrected chi connectivity index (χ2v) is 6.23. The Morgan fingerprint density at radius 1 is 1.19 bits per heavy atom. The summed E-state index contributed by atoms with van der Waals surface area (Å²) in [6.45, 7) is 7.47. The summed E-state index contributed by atoms with van der Waals surface area (Å²) in [6.07, 6.45) is 0. The largest absolute Gasteiger partial charge is 0.357 e. The number of nitrogens with one attached hydrogen (secondary N) is 2. The second-order valence-electron chi connectivity index (χ2n) is 6.23. The predicted octanol–water partition coefficient (Wildman–Crippen LogP) is 2.25. The Bertz CT molecular complexity index is 770. The van der Waals surface area contributed by atoms with E-state index < -0.39 is 0 Å². The minimum Gasteiger partial charge on any atom is -0.357 e. The molecule has 1 aromatic heterocycles. The number of halogens is 1. The highest BCUT2D eigenvalue weighted by Gasteiger charge is 2.13. The second kappa shape index (κ2) is 10.9. The Hall–Kier alpha value is -2.10. The van der Waals surface area contributed by atoms with Crippen LogP contribution in [0.15, 0.2) is 35.3 Å². The third-order valence-corrected chi connectivity index (χ3v) is 4.09. The highest BCUT2D eigenvalue weighted by molar-refractivity contribution is 14.0. The highest BCUT2D eigenvalue weighted by atomic mass is 127. The van der Waals surface area contributed by atoms with E-state index in [4.69, 9.17) is 0 Å². The van der Waals surface area contributed by atoms with Crippen molar-refractivity contribution in [2.24, 2.45) is 4.99 Å². The lowest BCUT2D eigenvalue weighted by molar-refractivity contribution is -0.127. The lowest BCUT2D eigenvalue weighted by atomic mass is 10.2. The molecule has 2 aromatic rings. The number of likely N-dealkylation sites (N-methyl/N-ethyl adjacent to an activating group) is 1. The summed E-state index contributed by atoms with van der Waals surface area (Å²) in [5.41, 5.74) is 4.14. The zero-order valence-corrected chi connectivity index (χ0v) is 18.9. The molecular formula is C19H29IN6O. The van der Waals surface area contributed by atoms with E-state index in [9.17, 15) is 4.79 Å². The van der Waals surface area contributed by atoms with Crippen LogP contribution in [0.4, 0.5) is 0 Å². The van der Waals surface area contributed by atoms with E-state index >= 15 is 0 Å². The summed E-state index contributed by atoms with van der Waals surface area (Å²) in [5.74, 6) is 0.619. The van der Waals surface area contributed by atoms with Gasteiger partial charge in [-0.15, -0.1) is 24.0 Å². The van der Waals surface area contributed by atoms with Crippen molar-refractivity contribution in [3.8, 4) is 5.69 Å². The first kappa shape index (κ1) is 22.9. The quantitative estimate of drug-likeness (QED) is 0.375. The number of para-hydroxylation sites is 1. The zero-order chi connectivity index (χ0) is 19.1. The molecule has 0 fully saturated rings.